The molecule has 0 heterocycles. The lowest BCUT2D eigenvalue weighted by molar-refractivity contribution is 0.0916. The molecular weight excluding hydrogens is 274 g/mol. The van der Waals surface area contributed by atoms with E-state index in [-0.39, 0.29) is 12.2 Å². The largest absolute Gasteiger partial charge is 0.485 e. The molecule has 0 N–H and O–H groups in total. The second-order valence-electron chi connectivity index (χ2n) is 3.77. The van der Waals surface area contributed by atoms with Gasteiger partial charge in [0.2, 0.25) is 5.78 Å². The summed E-state index contributed by atoms with van der Waals surface area (Å²) in [6.07, 6.45) is 0. The zero-order valence-electron chi connectivity index (χ0n) is 9.70. The number of carbonyl (C=O) groups excluding carboxylic acids is 1. The van der Waals surface area contributed by atoms with Gasteiger partial charge in [0.25, 0.3) is 0 Å². The minimum absolute atomic E-state index is 0.325. The molecule has 5 heteroatoms. The predicted octanol–water partition coefficient (Wildman–Crippen LogP) is 3.88. The standard InChI is InChI=1S/C14H9ClF2O2/c15-9-4-6-10(7-5-9)19-8-13(18)11-2-1-3-12(16)14(11)17/h1-7H,8H2. The Bertz CT molecular complexity index is 597. The molecule has 0 spiro atoms. The average molecular weight is 283 g/mol. The van der Waals surface area contributed by atoms with Crippen molar-refractivity contribution in [1.29, 1.82) is 0 Å². The highest BCUT2D eigenvalue weighted by molar-refractivity contribution is 6.30. The van der Waals surface area contributed by atoms with Crippen molar-refractivity contribution in [3.63, 3.8) is 0 Å². The molecule has 19 heavy (non-hydrogen) atoms. The Morgan fingerprint density at radius 2 is 1.79 bits per heavy atom. The monoisotopic (exact) mass is 282 g/mol. The molecule has 0 aliphatic heterocycles. The van der Waals surface area contributed by atoms with Crippen LogP contribution in [-0.2, 0) is 0 Å². The fourth-order valence-electron chi connectivity index (χ4n) is 1.48. The van der Waals surface area contributed by atoms with Crippen LogP contribution in [0.5, 0.6) is 5.75 Å². The average Bonchev–Trinajstić information content (AvgIpc) is 2.41. The molecule has 0 amide bonds. The number of Topliss-reactive ketones (excluding diaryl/α,β-unsaturated/α-hetero) is 1. The van der Waals surface area contributed by atoms with Crippen molar-refractivity contribution in [2.45, 2.75) is 0 Å². The summed E-state index contributed by atoms with van der Waals surface area (Å²) in [4.78, 5) is 11.7. The molecule has 0 fully saturated rings. The Kier molecular flexibility index (Phi) is 4.12. The molecule has 0 bridgehead atoms. The summed E-state index contributed by atoms with van der Waals surface area (Å²) in [5.41, 5.74) is -0.325. The van der Waals surface area contributed by atoms with Crippen molar-refractivity contribution in [2.75, 3.05) is 6.61 Å². The van der Waals surface area contributed by atoms with Gasteiger partial charge in [-0.25, -0.2) is 8.78 Å². The van der Waals surface area contributed by atoms with Gasteiger partial charge in [0.15, 0.2) is 18.2 Å². The maximum atomic E-state index is 13.4. The lowest BCUT2D eigenvalue weighted by Gasteiger charge is -2.06. The van der Waals surface area contributed by atoms with Crippen molar-refractivity contribution >= 4 is 17.4 Å². The van der Waals surface area contributed by atoms with E-state index in [1.54, 1.807) is 24.3 Å². The molecule has 0 saturated heterocycles. The molecule has 0 aliphatic carbocycles. The summed E-state index contributed by atoms with van der Waals surface area (Å²) in [5.74, 6) is -2.42. The van der Waals surface area contributed by atoms with Crippen molar-refractivity contribution in [1.82, 2.24) is 0 Å². The van der Waals surface area contributed by atoms with E-state index in [1.807, 2.05) is 0 Å². The minimum atomic E-state index is -1.16. The number of carbonyl (C=O) groups is 1. The molecule has 2 rings (SSSR count). The Morgan fingerprint density at radius 1 is 1.11 bits per heavy atom. The first-order valence-corrected chi connectivity index (χ1v) is 5.81. The van der Waals surface area contributed by atoms with Gasteiger partial charge < -0.3 is 4.74 Å². The van der Waals surface area contributed by atoms with E-state index < -0.39 is 17.4 Å². The van der Waals surface area contributed by atoms with Crippen molar-refractivity contribution in [2.24, 2.45) is 0 Å². The van der Waals surface area contributed by atoms with E-state index in [0.29, 0.717) is 10.8 Å². The van der Waals surface area contributed by atoms with Crippen LogP contribution in [-0.4, -0.2) is 12.4 Å². The van der Waals surface area contributed by atoms with Gasteiger partial charge in [-0.15, -0.1) is 0 Å². The van der Waals surface area contributed by atoms with Gasteiger partial charge >= 0.3 is 0 Å². The highest BCUT2D eigenvalue weighted by atomic mass is 35.5. The van der Waals surface area contributed by atoms with Gasteiger partial charge in [0, 0.05) is 5.02 Å². The number of hydrogen-bond donors (Lipinski definition) is 0. The van der Waals surface area contributed by atoms with Gasteiger partial charge in [-0.05, 0) is 36.4 Å². The fraction of sp³-hybridized carbons (Fsp3) is 0.0714. The first kappa shape index (κ1) is 13.5. The zero-order valence-corrected chi connectivity index (χ0v) is 10.5. The summed E-state index contributed by atoms with van der Waals surface area (Å²) >= 11 is 5.69. The molecule has 0 unspecified atom stereocenters. The Labute approximate surface area is 113 Å². The predicted molar refractivity (Wildman–Crippen MR) is 67.6 cm³/mol. The molecule has 2 aromatic rings. The van der Waals surface area contributed by atoms with Crippen molar-refractivity contribution < 1.29 is 18.3 Å². The molecule has 0 aromatic heterocycles. The third kappa shape index (κ3) is 3.29. The smallest absolute Gasteiger partial charge is 0.203 e. The van der Waals surface area contributed by atoms with Crippen LogP contribution in [0.1, 0.15) is 10.4 Å². The highest BCUT2D eigenvalue weighted by Crippen LogP contribution is 2.17. The number of hydrogen-bond acceptors (Lipinski definition) is 2. The van der Waals surface area contributed by atoms with Crippen LogP contribution >= 0.6 is 11.6 Å². The minimum Gasteiger partial charge on any atom is -0.485 e. The first-order valence-electron chi connectivity index (χ1n) is 5.43. The maximum Gasteiger partial charge on any atom is 0.203 e. The van der Waals surface area contributed by atoms with Crippen LogP contribution in [0.25, 0.3) is 0 Å². The van der Waals surface area contributed by atoms with Crippen LogP contribution < -0.4 is 4.74 Å². The number of ether oxygens (including phenoxy) is 1. The highest BCUT2D eigenvalue weighted by Gasteiger charge is 2.15. The third-order valence-electron chi connectivity index (χ3n) is 2.44. The molecule has 2 nitrogen and oxygen atoms in total. The molecule has 98 valence electrons. The molecule has 0 saturated carbocycles. The van der Waals surface area contributed by atoms with Crippen LogP contribution in [0.3, 0.4) is 0 Å². The quantitative estimate of drug-likeness (QED) is 0.796. The summed E-state index contributed by atoms with van der Waals surface area (Å²) in [6.45, 7) is -0.373. The van der Waals surface area contributed by atoms with Crippen molar-refractivity contribution in [3.8, 4) is 5.75 Å². The molecule has 2 aromatic carbocycles. The summed E-state index contributed by atoms with van der Waals surface area (Å²) in [7, 11) is 0. The van der Waals surface area contributed by atoms with Gasteiger partial charge in [0.1, 0.15) is 5.75 Å². The summed E-state index contributed by atoms with van der Waals surface area (Å²) < 4.78 is 31.5. The molecule has 0 aliphatic rings. The number of rotatable bonds is 4. The second-order valence-corrected chi connectivity index (χ2v) is 4.20. The number of benzene rings is 2. The second kappa shape index (κ2) is 5.80. The number of ketones is 1. The topological polar surface area (TPSA) is 26.3 Å². The van der Waals surface area contributed by atoms with E-state index in [2.05, 4.69) is 0 Å². The molecular formula is C14H9ClF2O2. The first-order chi connectivity index (χ1) is 9.08. The van der Waals surface area contributed by atoms with Gasteiger partial charge in [-0.2, -0.15) is 0 Å². The summed E-state index contributed by atoms with van der Waals surface area (Å²) in [5, 5.41) is 0.537. The lowest BCUT2D eigenvalue weighted by Crippen LogP contribution is -2.13. The maximum absolute atomic E-state index is 13.4. The van der Waals surface area contributed by atoms with E-state index >= 15 is 0 Å². The van der Waals surface area contributed by atoms with Crippen LogP contribution in [0.15, 0.2) is 42.5 Å². The number of halogens is 3. The van der Waals surface area contributed by atoms with Gasteiger partial charge in [-0.1, -0.05) is 17.7 Å². The summed E-state index contributed by atoms with van der Waals surface area (Å²) in [6, 6.07) is 9.80. The SMILES string of the molecule is O=C(COc1ccc(Cl)cc1)c1cccc(F)c1F. The van der Waals surface area contributed by atoms with E-state index in [9.17, 15) is 13.6 Å². The molecule has 0 radical (unpaired) electrons. The zero-order chi connectivity index (χ0) is 13.8. The Morgan fingerprint density at radius 3 is 2.47 bits per heavy atom. The lowest BCUT2D eigenvalue weighted by atomic mass is 10.1. The fourth-order valence-corrected chi connectivity index (χ4v) is 1.60. The Hall–Kier alpha value is -1.94. The van der Waals surface area contributed by atoms with E-state index in [0.717, 1.165) is 6.07 Å². The van der Waals surface area contributed by atoms with Crippen LogP contribution in [0.2, 0.25) is 5.02 Å². The van der Waals surface area contributed by atoms with E-state index in [4.69, 9.17) is 16.3 Å². The van der Waals surface area contributed by atoms with Gasteiger partial charge in [0.05, 0.1) is 5.56 Å². The van der Waals surface area contributed by atoms with Crippen LogP contribution in [0, 0.1) is 11.6 Å². The molecule has 0 atom stereocenters. The van der Waals surface area contributed by atoms with E-state index in [1.165, 1.54) is 12.1 Å². The van der Waals surface area contributed by atoms with Crippen LogP contribution in [0.4, 0.5) is 8.78 Å². The Balaban J connectivity index is 2.05. The van der Waals surface area contributed by atoms with Crippen molar-refractivity contribution in [3.05, 3.63) is 64.7 Å². The van der Waals surface area contributed by atoms with Gasteiger partial charge in [-0.3, -0.25) is 4.79 Å². The third-order valence-corrected chi connectivity index (χ3v) is 2.69. The normalized spacial score (nSPS) is 10.3.